The van der Waals surface area contributed by atoms with Gasteiger partial charge in [0.1, 0.15) is 12.6 Å². The van der Waals surface area contributed by atoms with E-state index in [9.17, 15) is 19.5 Å². The summed E-state index contributed by atoms with van der Waals surface area (Å²) < 4.78 is 5.56. The van der Waals surface area contributed by atoms with Gasteiger partial charge in [0, 0.05) is 30.8 Å². The van der Waals surface area contributed by atoms with E-state index in [1.54, 1.807) is 0 Å². The number of fused-ring (bicyclic) bond motifs is 3. The average Bonchev–Trinajstić information content (AvgIpc) is 3.38. The lowest BCUT2D eigenvalue weighted by molar-refractivity contribution is -0.143. The number of rotatable bonds is 6. The van der Waals surface area contributed by atoms with Gasteiger partial charge in [-0.1, -0.05) is 48.5 Å². The first kappa shape index (κ1) is 22.0. The van der Waals surface area contributed by atoms with Crippen LogP contribution in [0, 0.1) is 23.7 Å². The van der Waals surface area contributed by atoms with E-state index < -0.39 is 24.0 Å². The Bertz CT molecular complexity index is 1150. The number of carbonyl (C=O) groups excluding carboxylic acids is 2. The summed E-state index contributed by atoms with van der Waals surface area (Å²) in [6, 6.07) is 15.1. The molecule has 2 unspecified atom stereocenters. The van der Waals surface area contributed by atoms with Crippen molar-refractivity contribution in [3.8, 4) is 23.5 Å². The fraction of sp³-hybridized carbons (Fsp3) is 0.370. The van der Waals surface area contributed by atoms with Crippen LogP contribution < -0.4 is 5.32 Å². The predicted octanol–water partition coefficient (Wildman–Crippen LogP) is 3.24. The number of alkyl carbamates (subject to hydrolysis) is 1. The van der Waals surface area contributed by atoms with Crippen LogP contribution in [0.4, 0.5) is 4.79 Å². The Balaban J connectivity index is 1.24. The van der Waals surface area contributed by atoms with Crippen LogP contribution in [0.5, 0.6) is 0 Å². The fourth-order valence-electron chi connectivity index (χ4n) is 5.46. The quantitative estimate of drug-likeness (QED) is 0.648. The molecule has 0 bridgehead atoms. The van der Waals surface area contributed by atoms with Crippen molar-refractivity contribution in [3.05, 3.63) is 59.7 Å². The van der Waals surface area contributed by atoms with E-state index in [0.29, 0.717) is 6.54 Å². The smallest absolute Gasteiger partial charge is 0.407 e. The zero-order valence-electron chi connectivity index (χ0n) is 18.7. The number of carboxylic acids is 1. The minimum atomic E-state index is -0.955. The highest BCUT2D eigenvalue weighted by molar-refractivity contribution is 5.87. The van der Waals surface area contributed by atoms with Crippen LogP contribution in [-0.4, -0.2) is 53.7 Å². The van der Waals surface area contributed by atoms with Crippen molar-refractivity contribution in [2.75, 3.05) is 19.7 Å². The molecule has 2 fully saturated rings. The molecule has 7 nitrogen and oxygen atoms in total. The first-order chi connectivity index (χ1) is 16.4. The number of benzene rings is 2. The van der Waals surface area contributed by atoms with E-state index in [-0.39, 0.29) is 36.8 Å². The Hall–Kier alpha value is -3.79. The topological polar surface area (TPSA) is 95.9 Å². The zero-order valence-corrected chi connectivity index (χ0v) is 18.7. The molecule has 174 valence electrons. The van der Waals surface area contributed by atoms with Gasteiger partial charge in [-0.15, -0.1) is 12.3 Å². The molecular weight excluding hydrogens is 432 g/mol. The molecule has 1 saturated heterocycles. The van der Waals surface area contributed by atoms with Gasteiger partial charge in [-0.2, -0.15) is 0 Å². The van der Waals surface area contributed by atoms with Crippen LogP contribution in [0.25, 0.3) is 11.1 Å². The summed E-state index contributed by atoms with van der Waals surface area (Å²) in [6.45, 7) is 0.655. The minimum absolute atomic E-state index is 0.00423. The highest BCUT2D eigenvalue weighted by atomic mass is 16.5. The van der Waals surface area contributed by atoms with E-state index >= 15 is 0 Å². The van der Waals surface area contributed by atoms with E-state index in [4.69, 9.17) is 11.2 Å². The molecule has 2 aromatic carbocycles. The van der Waals surface area contributed by atoms with Gasteiger partial charge in [0.25, 0.3) is 0 Å². The highest BCUT2D eigenvalue weighted by Gasteiger charge is 2.59. The molecule has 1 saturated carbocycles. The van der Waals surface area contributed by atoms with Crippen molar-refractivity contribution in [1.29, 1.82) is 0 Å². The molecular formula is C27H26N2O5. The summed E-state index contributed by atoms with van der Waals surface area (Å²) in [5, 5.41) is 12.1. The largest absolute Gasteiger partial charge is 0.481 e. The Morgan fingerprint density at radius 3 is 2.26 bits per heavy atom. The molecule has 0 aromatic heterocycles. The average molecular weight is 459 g/mol. The molecule has 3 aliphatic rings. The van der Waals surface area contributed by atoms with Gasteiger partial charge in [0.15, 0.2) is 0 Å². The number of carboxylic acid groups (broad SMARTS) is 1. The monoisotopic (exact) mass is 458 g/mol. The zero-order chi connectivity index (χ0) is 23.9. The molecule has 2 N–H and O–H groups in total. The summed E-state index contributed by atoms with van der Waals surface area (Å²) in [5.41, 5.74) is 4.12. The Kier molecular flexibility index (Phi) is 5.52. The highest BCUT2D eigenvalue weighted by Crippen LogP contribution is 2.56. The predicted molar refractivity (Wildman–Crippen MR) is 125 cm³/mol. The lowest BCUT2D eigenvalue weighted by Crippen LogP contribution is -2.48. The molecule has 1 heterocycles. The van der Waals surface area contributed by atoms with Crippen LogP contribution in [0.3, 0.4) is 0 Å². The van der Waals surface area contributed by atoms with Crippen molar-refractivity contribution < 1.29 is 24.2 Å². The van der Waals surface area contributed by atoms with Crippen molar-refractivity contribution in [1.82, 2.24) is 10.2 Å². The van der Waals surface area contributed by atoms with Crippen LogP contribution >= 0.6 is 0 Å². The Labute approximate surface area is 198 Å². The van der Waals surface area contributed by atoms with Gasteiger partial charge < -0.3 is 20.1 Å². The van der Waals surface area contributed by atoms with Crippen molar-refractivity contribution in [3.63, 3.8) is 0 Å². The summed E-state index contributed by atoms with van der Waals surface area (Å²) in [7, 11) is 0. The SMILES string of the molecule is C#CCC(NC(=O)OCC1c2ccccc2-c2ccccc21)C(=O)N1CC(C(=O)O)C2(CC2)C1. The second kappa shape index (κ2) is 8.53. The van der Waals surface area contributed by atoms with Crippen LogP contribution in [0.1, 0.15) is 36.3 Å². The third-order valence-electron chi connectivity index (χ3n) is 7.41. The molecule has 2 amide bonds. The molecule has 2 aromatic rings. The number of terminal acetylenes is 1. The summed E-state index contributed by atoms with van der Waals surface area (Å²) in [6.07, 6.45) is 6.34. The van der Waals surface area contributed by atoms with Crippen molar-refractivity contribution in [2.45, 2.75) is 31.2 Å². The molecule has 5 rings (SSSR count). The van der Waals surface area contributed by atoms with Gasteiger partial charge in [-0.3, -0.25) is 9.59 Å². The number of amides is 2. The van der Waals surface area contributed by atoms with Gasteiger partial charge in [0.05, 0.1) is 5.92 Å². The fourth-order valence-corrected chi connectivity index (χ4v) is 5.46. The minimum Gasteiger partial charge on any atom is -0.481 e. The first-order valence-electron chi connectivity index (χ1n) is 11.5. The van der Waals surface area contributed by atoms with Gasteiger partial charge in [-0.05, 0) is 35.1 Å². The molecule has 1 aliphatic heterocycles. The van der Waals surface area contributed by atoms with Crippen molar-refractivity contribution >= 4 is 18.0 Å². The molecule has 2 atom stereocenters. The number of hydrogen-bond acceptors (Lipinski definition) is 4. The van der Waals surface area contributed by atoms with E-state index in [0.717, 1.165) is 35.1 Å². The number of nitrogens with one attached hydrogen (secondary N) is 1. The Morgan fingerprint density at radius 1 is 1.12 bits per heavy atom. The molecule has 2 aliphatic carbocycles. The molecule has 34 heavy (non-hydrogen) atoms. The normalized spacial score (nSPS) is 20.2. The number of hydrogen-bond donors (Lipinski definition) is 2. The third-order valence-corrected chi connectivity index (χ3v) is 7.41. The number of aliphatic carboxylic acids is 1. The van der Waals surface area contributed by atoms with E-state index in [2.05, 4.69) is 23.4 Å². The maximum Gasteiger partial charge on any atom is 0.407 e. The van der Waals surface area contributed by atoms with E-state index in [1.165, 1.54) is 4.90 Å². The third kappa shape index (κ3) is 3.79. The van der Waals surface area contributed by atoms with Crippen LogP contribution in [-0.2, 0) is 14.3 Å². The van der Waals surface area contributed by atoms with Crippen molar-refractivity contribution in [2.24, 2.45) is 11.3 Å². The second-order valence-electron chi connectivity index (χ2n) is 9.40. The van der Waals surface area contributed by atoms with Gasteiger partial charge >= 0.3 is 12.1 Å². The summed E-state index contributed by atoms with van der Waals surface area (Å²) in [4.78, 5) is 38.9. The number of ether oxygens (including phenoxy) is 1. The number of nitrogens with zero attached hydrogens (tertiary/aromatic N) is 1. The number of likely N-dealkylation sites (tertiary alicyclic amines) is 1. The lowest BCUT2D eigenvalue weighted by Gasteiger charge is -2.23. The molecule has 0 radical (unpaired) electrons. The van der Waals surface area contributed by atoms with Gasteiger partial charge in [0.2, 0.25) is 5.91 Å². The van der Waals surface area contributed by atoms with Gasteiger partial charge in [-0.25, -0.2) is 4.79 Å². The first-order valence-corrected chi connectivity index (χ1v) is 11.5. The maximum absolute atomic E-state index is 13.1. The van der Waals surface area contributed by atoms with E-state index in [1.807, 2.05) is 36.4 Å². The Morgan fingerprint density at radius 2 is 1.74 bits per heavy atom. The number of carbonyl (C=O) groups is 3. The molecule has 7 heteroatoms. The van der Waals surface area contributed by atoms with Crippen LogP contribution in [0.2, 0.25) is 0 Å². The lowest BCUT2D eigenvalue weighted by atomic mass is 9.93. The van der Waals surface area contributed by atoms with Crippen LogP contribution in [0.15, 0.2) is 48.5 Å². The second-order valence-corrected chi connectivity index (χ2v) is 9.40. The summed E-state index contributed by atoms with van der Waals surface area (Å²) in [5.74, 6) is 0.529. The maximum atomic E-state index is 13.1. The standard InChI is InChI=1S/C27H26N2O5/c1-2-7-23(24(30)29-14-22(25(31)32)27(16-29)12-13-27)28-26(33)34-15-21-19-10-5-3-8-17(19)18-9-4-6-11-20(18)21/h1,3-6,8-11,21-23H,7,12-16H2,(H,28,33)(H,31,32). The summed E-state index contributed by atoms with van der Waals surface area (Å²) >= 11 is 0. The molecule has 1 spiro atoms.